The van der Waals surface area contributed by atoms with Crippen molar-refractivity contribution in [3.05, 3.63) is 84.5 Å². The normalized spacial score (nSPS) is 12.6. The molecular formula is C57H90O20. The molecule has 0 radical (unpaired) electrons. The Morgan fingerprint density at radius 2 is 0.701 bits per heavy atom. The van der Waals surface area contributed by atoms with Crippen molar-refractivity contribution in [2.24, 2.45) is 16.2 Å². The highest BCUT2D eigenvalue weighted by molar-refractivity contribution is 5.90. The van der Waals surface area contributed by atoms with Crippen LogP contribution in [-0.2, 0) is 76.9 Å². The van der Waals surface area contributed by atoms with Gasteiger partial charge in [0.1, 0.15) is 77.3 Å². The Labute approximate surface area is 456 Å². The van der Waals surface area contributed by atoms with E-state index in [0.717, 1.165) is 18.1 Å². The first-order valence-corrected chi connectivity index (χ1v) is 25.2. The molecule has 0 saturated heterocycles. The van der Waals surface area contributed by atoms with E-state index in [2.05, 4.69) is 51.8 Å². The predicted molar refractivity (Wildman–Crippen MR) is 288 cm³/mol. The molecule has 4 N–H and O–H groups in total. The Morgan fingerprint density at radius 3 is 0.948 bits per heavy atom. The van der Waals surface area contributed by atoms with Crippen molar-refractivity contribution in [3.8, 4) is 0 Å². The van der Waals surface area contributed by atoms with E-state index in [1.807, 2.05) is 32.9 Å². The summed E-state index contributed by atoms with van der Waals surface area (Å²) in [6, 6.07) is 7.24. The summed E-state index contributed by atoms with van der Waals surface area (Å²) in [4.78, 5) is 90.7. The van der Waals surface area contributed by atoms with E-state index in [4.69, 9.17) is 33.2 Å². The molecule has 0 saturated carbocycles. The molecule has 0 heterocycles. The zero-order chi connectivity index (χ0) is 60.5. The lowest BCUT2D eigenvalue weighted by atomic mass is 9.82. The molecule has 4 unspecified atom stereocenters. The van der Waals surface area contributed by atoms with Gasteiger partial charge in [-0.25, -0.2) is 24.0 Å². The summed E-state index contributed by atoms with van der Waals surface area (Å²) in [6.45, 7) is 38.9. The second kappa shape index (κ2) is 37.5. The third kappa shape index (κ3) is 33.5. The van der Waals surface area contributed by atoms with Crippen molar-refractivity contribution in [2.75, 3.05) is 52.9 Å². The van der Waals surface area contributed by atoms with Crippen LogP contribution in [0.3, 0.4) is 0 Å². The van der Waals surface area contributed by atoms with Crippen LogP contribution >= 0.6 is 0 Å². The lowest BCUT2D eigenvalue weighted by Crippen LogP contribution is -2.31. The molecular weight excluding hydrogens is 1000 g/mol. The molecule has 1 aromatic carbocycles. The van der Waals surface area contributed by atoms with E-state index >= 15 is 0 Å². The Morgan fingerprint density at radius 1 is 0.442 bits per heavy atom. The van der Waals surface area contributed by atoms with E-state index in [1.165, 1.54) is 20.8 Å². The van der Waals surface area contributed by atoms with E-state index < -0.39 is 70.5 Å². The van der Waals surface area contributed by atoms with Crippen LogP contribution < -0.4 is 0 Å². The van der Waals surface area contributed by atoms with Gasteiger partial charge >= 0.3 is 47.8 Å². The third-order valence-corrected chi connectivity index (χ3v) is 11.6. The third-order valence-electron chi connectivity index (χ3n) is 11.6. The molecule has 77 heavy (non-hydrogen) atoms. The highest BCUT2D eigenvalue weighted by atomic mass is 16.6. The molecule has 1 rings (SSSR count). The Bertz CT molecular complexity index is 2020. The van der Waals surface area contributed by atoms with Gasteiger partial charge in [0.2, 0.25) is 0 Å². The fourth-order valence-corrected chi connectivity index (χ4v) is 4.37. The average Bonchev–Trinajstić information content (AvgIpc) is 3.39. The van der Waals surface area contributed by atoms with E-state index in [-0.39, 0.29) is 92.9 Å². The van der Waals surface area contributed by atoms with Crippen LogP contribution in [0.1, 0.15) is 145 Å². The number of rotatable bonds is 29. The summed E-state index contributed by atoms with van der Waals surface area (Å²) < 4.78 is 38.7. The van der Waals surface area contributed by atoms with Crippen LogP contribution in [0.2, 0.25) is 0 Å². The van der Waals surface area contributed by atoms with Crippen LogP contribution in [0, 0.1) is 16.2 Å². The number of ether oxygens (including phenoxy) is 8. The van der Waals surface area contributed by atoms with Crippen molar-refractivity contribution < 1.29 is 96.7 Å². The first-order valence-electron chi connectivity index (χ1n) is 25.2. The number of benzene rings is 1. The van der Waals surface area contributed by atoms with Crippen LogP contribution in [0.5, 0.6) is 0 Å². The van der Waals surface area contributed by atoms with Gasteiger partial charge < -0.3 is 58.3 Å². The zero-order valence-electron chi connectivity index (χ0n) is 48.3. The topological polar surface area (TPSA) is 291 Å². The van der Waals surface area contributed by atoms with Crippen molar-refractivity contribution in [3.63, 3.8) is 0 Å². The SMILES string of the molecule is C=C(C)C(=O)OCC(O)COC(=O)C(C)(C)CC.C=C(C)C(=O)OCC(O)COC(=O)C(C)(C)CC.C=C(C)C(=O)OCC(O)COC(=O)c1ccc(C(C)(C)CC)cc1.C=CC(=O)OCC(O)COC(=O)C(C)(C)CC. The summed E-state index contributed by atoms with van der Waals surface area (Å²) in [5, 5.41) is 38.0. The molecule has 0 aromatic heterocycles. The van der Waals surface area contributed by atoms with E-state index in [0.29, 0.717) is 24.8 Å². The van der Waals surface area contributed by atoms with Crippen molar-refractivity contribution in [2.45, 2.75) is 159 Å². The number of esters is 8. The van der Waals surface area contributed by atoms with Gasteiger partial charge in [0.25, 0.3) is 0 Å². The van der Waals surface area contributed by atoms with Gasteiger partial charge in [-0.1, -0.05) is 80.0 Å². The van der Waals surface area contributed by atoms with Crippen LogP contribution in [0.25, 0.3) is 0 Å². The largest absolute Gasteiger partial charge is 0.462 e. The van der Waals surface area contributed by atoms with Gasteiger partial charge in [0, 0.05) is 22.8 Å². The number of aliphatic hydroxyl groups is 4. The average molecular weight is 1100 g/mol. The van der Waals surface area contributed by atoms with Gasteiger partial charge in [-0.15, -0.1) is 0 Å². The maximum atomic E-state index is 12.0. The first kappa shape index (κ1) is 75.0. The Balaban J connectivity index is -0.000000959. The fourth-order valence-electron chi connectivity index (χ4n) is 4.37. The molecule has 0 fully saturated rings. The van der Waals surface area contributed by atoms with E-state index in [1.54, 1.807) is 53.7 Å². The van der Waals surface area contributed by atoms with Gasteiger partial charge in [-0.05, 0) is 111 Å². The second-order valence-corrected chi connectivity index (χ2v) is 20.5. The first-order chi connectivity index (χ1) is 35.4. The van der Waals surface area contributed by atoms with Gasteiger partial charge in [0.05, 0.1) is 21.8 Å². The predicted octanol–water partition coefficient (Wildman–Crippen LogP) is 6.96. The lowest BCUT2D eigenvalue weighted by molar-refractivity contribution is -0.160. The van der Waals surface area contributed by atoms with Crippen LogP contribution in [0.4, 0.5) is 0 Å². The summed E-state index contributed by atoms with van der Waals surface area (Å²) in [5.74, 6) is -4.02. The summed E-state index contributed by atoms with van der Waals surface area (Å²) >= 11 is 0. The minimum atomic E-state index is -1.07. The second-order valence-electron chi connectivity index (χ2n) is 20.5. The highest BCUT2D eigenvalue weighted by Gasteiger charge is 2.30. The summed E-state index contributed by atoms with van der Waals surface area (Å²) in [7, 11) is 0. The number of hydrogen-bond donors (Lipinski definition) is 4. The molecule has 0 spiro atoms. The zero-order valence-corrected chi connectivity index (χ0v) is 48.3. The molecule has 0 aliphatic heterocycles. The molecule has 0 aliphatic carbocycles. The molecule has 438 valence electrons. The minimum Gasteiger partial charge on any atom is -0.462 e. The van der Waals surface area contributed by atoms with Crippen molar-refractivity contribution >= 4 is 47.8 Å². The number of hydrogen-bond acceptors (Lipinski definition) is 20. The maximum Gasteiger partial charge on any atom is 0.338 e. The summed E-state index contributed by atoms with van der Waals surface area (Å²) in [6.07, 6.45) is -0.210. The molecule has 1 aromatic rings. The van der Waals surface area contributed by atoms with E-state index in [9.17, 15) is 58.8 Å². The standard InChI is InChI=1S/C19H26O5.2C13H22O5.C12H20O5/c1-6-19(4,5)15-9-7-14(8-10-15)18(22)24-12-16(20)11-23-17(21)13(2)3;2*1-6-13(4,5)12(16)18-8-10(14)7-17-11(15)9(2)3;1-5-10(14)16-7-9(13)8-17-11(15)12(3,4)6-2/h7-10,16,20H,2,6,11-12H2,1,3-5H3;2*10,14H,2,6-8H2,1,3-5H3;5,9,13H,1,6-8H2,2-4H3. The number of carbonyl (C=O) groups excluding carboxylic acids is 8. The fraction of sp³-hybridized carbons (Fsp3) is 0.614. The number of carbonyl (C=O) groups is 8. The number of aliphatic hydroxyl groups excluding tert-OH is 4. The quantitative estimate of drug-likeness (QED) is 0.0358. The molecule has 4 atom stereocenters. The van der Waals surface area contributed by atoms with Crippen LogP contribution in [0.15, 0.2) is 73.4 Å². The van der Waals surface area contributed by atoms with Crippen molar-refractivity contribution in [1.29, 1.82) is 0 Å². The van der Waals surface area contributed by atoms with Crippen molar-refractivity contribution in [1.82, 2.24) is 0 Å². The molecule has 0 bridgehead atoms. The van der Waals surface area contributed by atoms with Gasteiger partial charge in [-0.3, -0.25) is 14.4 Å². The van der Waals surface area contributed by atoms with Gasteiger partial charge in [0.15, 0.2) is 0 Å². The highest BCUT2D eigenvalue weighted by Crippen LogP contribution is 2.27. The Kier molecular flexibility index (Phi) is 36.6. The molecule has 0 aliphatic rings. The monoisotopic (exact) mass is 1090 g/mol. The molecule has 20 heteroatoms. The minimum absolute atomic E-state index is 0.0474. The molecule has 0 amide bonds. The molecule has 20 nitrogen and oxygen atoms in total. The van der Waals surface area contributed by atoms with Gasteiger partial charge in [-0.2, -0.15) is 0 Å². The smallest absolute Gasteiger partial charge is 0.338 e. The Hall–Kier alpha value is -6.22. The van der Waals surface area contributed by atoms with Crippen LogP contribution in [-0.4, -0.2) is 145 Å². The lowest BCUT2D eigenvalue weighted by Gasteiger charge is -2.23. The summed E-state index contributed by atoms with van der Waals surface area (Å²) in [5.41, 5.74) is 0.642. The maximum absolute atomic E-state index is 12.0.